The SMILES string of the molecule is Cn1cc([N+](=O)[O-])c(C(=O)Nc2cccc([N+](=O)[O-])c2)n1. The van der Waals surface area contributed by atoms with Crippen molar-refractivity contribution in [2.24, 2.45) is 7.05 Å². The number of rotatable bonds is 4. The van der Waals surface area contributed by atoms with Crippen LogP contribution in [0.5, 0.6) is 0 Å². The molecule has 1 heterocycles. The lowest BCUT2D eigenvalue weighted by atomic mass is 10.2. The summed E-state index contributed by atoms with van der Waals surface area (Å²) >= 11 is 0. The minimum absolute atomic E-state index is 0.147. The van der Waals surface area contributed by atoms with Crippen LogP contribution in [0.2, 0.25) is 0 Å². The molecule has 1 N–H and O–H groups in total. The number of anilines is 1. The summed E-state index contributed by atoms with van der Waals surface area (Å²) in [6, 6.07) is 5.23. The molecule has 0 saturated carbocycles. The normalized spacial score (nSPS) is 10.1. The van der Waals surface area contributed by atoms with E-state index in [9.17, 15) is 25.0 Å². The third-order valence-electron chi connectivity index (χ3n) is 2.54. The topological polar surface area (TPSA) is 133 Å². The quantitative estimate of drug-likeness (QED) is 0.670. The van der Waals surface area contributed by atoms with E-state index in [-0.39, 0.29) is 17.1 Å². The Bertz CT molecular complexity index is 738. The van der Waals surface area contributed by atoms with Crippen molar-refractivity contribution in [1.29, 1.82) is 0 Å². The van der Waals surface area contributed by atoms with Gasteiger partial charge in [-0.25, -0.2) is 0 Å². The zero-order valence-corrected chi connectivity index (χ0v) is 10.7. The fourth-order valence-electron chi connectivity index (χ4n) is 1.66. The average molecular weight is 291 g/mol. The number of carbonyl (C=O) groups excluding carboxylic acids is 1. The summed E-state index contributed by atoms with van der Waals surface area (Å²) in [7, 11) is 1.44. The van der Waals surface area contributed by atoms with Crippen molar-refractivity contribution >= 4 is 23.0 Å². The monoisotopic (exact) mass is 291 g/mol. The Morgan fingerprint density at radius 3 is 2.62 bits per heavy atom. The van der Waals surface area contributed by atoms with Crippen molar-refractivity contribution in [3.63, 3.8) is 0 Å². The summed E-state index contributed by atoms with van der Waals surface area (Å²) in [4.78, 5) is 32.1. The fraction of sp³-hybridized carbons (Fsp3) is 0.0909. The number of nitro benzene ring substituents is 1. The fourth-order valence-corrected chi connectivity index (χ4v) is 1.66. The van der Waals surface area contributed by atoms with Crippen LogP contribution in [-0.2, 0) is 7.05 Å². The van der Waals surface area contributed by atoms with E-state index < -0.39 is 21.4 Å². The highest BCUT2D eigenvalue weighted by Gasteiger charge is 2.25. The molecule has 10 heteroatoms. The van der Waals surface area contributed by atoms with Crippen molar-refractivity contribution < 1.29 is 14.6 Å². The Kier molecular flexibility index (Phi) is 3.61. The van der Waals surface area contributed by atoms with Gasteiger partial charge in [-0.05, 0) is 6.07 Å². The largest absolute Gasteiger partial charge is 0.320 e. The molecular weight excluding hydrogens is 282 g/mol. The number of hydrogen-bond donors (Lipinski definition) is 1. The van der Waals surface area contributed by atoms with Crippen molar-refractivity contribution in [3.05, 3.63) is 56.4 Å². The summed E-state index contributed by atoms with van der Waals surface area (Å²) in [5, 5.41) is 27.5. The maximum Gasteiger partial charge on any atom is 0.320 e. The van der Waals surface area contributed by atoms with E-state index in [0.717, 1.165) is 16.9 Å². The number of nitro groups is 2. The predicted molar refractivity (Wildman–Crippen MR) is 70.9 cm³/mol. The van der Waals surface area contributed by atoms with Crippen LogP contribution >= 0.6 is 0 Å². The van der Waals surface area contributed by atoms with Gasteiger partial charge in [-0.1, -0.05) is 6.07 Å². The molecule has 0 fully saturated rings. The van der Waals surface area contributed by atoms with E-state index in [1.165, 1.54) is 25.2 Å². The second-order valence-corrected chi connectivity index (χ2v) is 4.06. The van der Waals surface area contributed by atoms with E-state index in [1.807, 2.05) is 0 Å². The summed E-state index contributed by atoms with van der Waals surface area (Å²) < 4.78 is 1.14. The van der Waals surface area contributed by atoms with E-state index in [0.29, 0.717) is 0 Å². The second-order valence-electron chi connectivity index (χ2n) is 4.06. The van der Waals surface area contributed by atoms with Gasteiger partial charge < -0.3 is 5.32 Å². The molecule has 0 spiro atoms. The third kappa shape index (κ3) is 3.00. The van der Waals surface area contributed by atoms with Gasteiger partial charge in [0.1, 0.15) is 6.20 Å². The summed E-state index contributed by atoms with van der Waals surface area (Å²) in [5.41, 5.74) is -0.869. The number of nitrogens with zero attached hydrogens (tertiary/aromatic N) is 4. The van der Waals surface area contributed by atoms with Gasteiger partial charge in [0.05, 0.1) is 9.85 Å². The van der Waals surface area contributed by atoms with E-state index in [1.54, 1.807) is 0 Å². The molecule has 21 heavy (non-hydrogen) atoms. The van der Waals surface area contributed by atoms with Crippen molar-refractivity contribution in [2.75, 3.05) is 5.32 Å². The van der Waals surface area contributed by atoms with Gasteiger partial charge in [0, 0.05) is 24.9 Å². The lowest BCUT2D eigenvalue weighted by molar-refractivity contribution is -0.385. The van der Waals surface area contributed by atoms with Crippen molar-refractivity contribution in [1.82, 2.24) is 9.78 Å². The van der Waals surface area contributed by atoms with Crippen molar-refractivity contribution in [3.8, 4) is 0 Å². The van der Waals surface area contributed by atoms with Gasteiger partial charge >= 0.3 is 5.69 Å². The number of amides is 1. The number of carbonyl (C=O) groups is 1. The standard InChI is InChI=1S/C11H9N5O5/c1-14-6-9(16(20)21)10(13-14)11(17)12-7-3-2-4-8(5-7)15(18)19/h2-6H,1H3,(H,12,17). The molecule has 2 aromatic rings. The van der Waals surface area contributed by atoms with Gasteiger partial charge in [0.15, 0.2) is 0 Å². The van der Waals surface area contributed by atoms with Gasteiger partial charge in [-0.2, -0.15) is 5.10 Å². The number of aryl methyl sites for hydroxylation is 1. The van der Waals surface area contributed by atoms with Crippen LogP contribution in [0.25, 0.3) is 0 Å². The molecule has 0 saturated heterocycles. The lowest BCUT2D eigenvalue weighted by Crippen LogP contribution is -2.14. The number of nitrogens with one attached hydrogen (secondary N) is 1. The summed E-state index contributed by atoms with van der Waals surface area (Å²) in [5.74, 6) is -0.817. The van der Waals surface area contributed by atoms with Crippen LogP contribution in [-0.4, -0.2) is 25.5 Å². The minimum Gasteiger partial charge on any atom is -0.320 e. The first-order valence-corrected chi connectivity index (χ1v) is 5.62. The zero-order chi connectivity index (χ0) is 15.6. The smallest absolute Gasteiger partial charge is 0.320 e. The van der Waals surface area contributed by atoms with E-state index >= 15 is 0 Å². The number of hydrogen-bond acceptors (Lipinski definition) is 6. The van der Waals surface area contributed by atoms with Crippen LogP contribution in [0.4, 0.5) is 17.1 Å². The van der Waals surface area contributed by atoms with E-state index in [2.05, 4.69) is 10.4 Å². The molecule has 0 aliphatic rings. The Labute approximate surface area is 117 Å². The zero-order valence-electron chi connectivity index (χ0n) is 10.7. The molecule has 0 radical (unpaired) electrons. The minimum atomic E-state index is -0.817. The maximum atomic E-state index is 12.0. The highest BCUT2D eigenvalue weighted by molar-refractivity contribution is 6.05. The molecule has 0 atom stereocenters. The molecule has 1 amide bonds. The van der Waals surface area contributed by atoms with Crippen LogP contribution in [0.1, 0.15) is 10.5 Å². The summed E-state index contributed by atoms with van der Waals surface area (Å²) in [6.07, 6.45) is 1.10. The Balaban J connectivity index is 2.28. The number of non-ortho nitro benzene ring substituents is 1. The molecule has 0 aliphatic heterocycles. The van der Waals surface area contributed by atoms with Crippen LogP contribution in [0.3, 0.4) is 0 Å². The first kappa shape index (κ1) is 14.1. The summed E-state index contributed by atoms with van der Waals surface area (Å²) in [6.45, 7) is 0. The van der Waals surface area contributed by atoms with Crippen molar-refractivity contribution in [2.45, 2.75) is 0 Å². The highest BCUT2D eigenvalue weighted by Crippen LogP contribution is 2.20. The average Bonchev–Trinajstić information content (AvgIpc) is 2.81. The molecule has 2 rings (SSSR count). The molecular formula is C11H9N5O5. The third-order valence-corrected chi connectivity index (χ3v) is 2.54. The first-order valence-electron chi connectivity index (χ1n) is 5.62. The molecule has 1 aromatic heterocycles. The second kappa shape index (κ2) is 5.36. The van der Waals surface area contributed by atoms with Gasteiger partial charge in [0.25, 0.3) is 11.6 Å². The van der Waals surface area contributed by atoms with Crippen LogP contribution < -0.4 is 5.32 Å². The Hall–Kier alpha value is -3.30. The van der Waals surface area contributed by atoms with E-state index in [4.69, 9.17) is 0 Å². The molecule has 108 valence electrons. The van der Waals surface area contributed by atoms with Gasteiger partial charge in [0.2, 0.25) is 5.69 Å². The Morgan fingerprint density at radius 1 is 1.29 bits per heavy atom. The van der Waals surface area contributed by atoms with Gasteiger partial charge in [-0.15, -0.1) is 0 Å². The molecule has 1 aromatic carbocycles. The maximum absolute atomic E-state index is 12.0. The molecule has 0 unspecified atom stereocenters. The lowest BCUT2D eigenvalue weighted by Gasteiger charge is -2.02. The predicted octanol–water partition coefficient (Wildman–Crippen LogP) is 1.49. The van der Waals surface area contributed by atoms with Crippen LogP contribution in [0.15, 0.2) is 30.5 Å². The Morgan fingerprint density at radius 2 is 2.00 bits per heavy atom. The highest BCUT2D eigenvalue weighted by atomic mass is 16.6. The number of aromatic nitrogens is 2. The molecule has 0 bridgehead atoms. The molecule has 10 nitrogen and oxygen atoms in total. The number of benzene rings is 1. The van der Waals surface area contributed by atoms with Gasteiger partial charge in [-0.3, -0.25) is 29.7 Å². The molecule has 0 aliphatic carbocycles. The van der Waals surface area contributed by atoms with Crippen LogP contribution in [0, 0.1) is 20.2 Å². The first-order chi connectivity index (χ1) is 9.88.